The normalized spacial score (nSPS) is 10.0. The van der Waals surface area contributed by atoms with Crippen molar-refractivity contribution in [2.75, 3.05) is 7.11 Å². The number of hydrogen-bond acceptors (Lipinski definition) is 2. The average molecular weight is 320 g/mol. The first kappa shape index (κ1) is 13.6. The van der Waals surface area contributed by atoms with E-state index < -0.39 is 0 Å². The number of carbonyl (C=O) groups excluding carboxylic acids is 1. The summed E-state index contributed by atoms with van der Waals surface area (Å²) in [4.78, 5) is 12.0. The van der Waals surface area contributed by atoms with E-state index in [2.05, 4.69) is 21.2 Å². The summed E-state index contributed by atoms with van der Waals surface area (Å²) in [6, 6.07) is 15.1. The molecule has 2 aromatic rings. The van der Waals surface area contributed by atoms with E-state index in [0.29, 0.717) is 17.9 Å². The lowest BCUT2D eigenvalue weighted by Crippen LogP contribution is -2.22. The van der Waals surface area contributed by atoms with Gasteiger partial charge in [-0.3, -0.25) is 4.79 Å². The molecule has 0 fully saturated rings. The number of methoxy groups -OCH3 is 1. The van der Waals surface area contributed by atoms with Crippen molar-refractivity contribution < 1.29 is 9.53 Å². The van der Waals surface area contributed by atoms with Crippen molar-refractivity contribution in [1.82, 2.24) is 5.32 Å². The van der Waals surface area contributed by atoms with E-state index in [1.807, 2.05) is 30.3 Å². The summed E-state index contributed by atoms with van der Waals surface area (Å²) in [5.74, 6) is 0.530. The number of ether oxygens (including phenoxy) is 1. The Hall–Kier alpha value is -1.81. The number of amides is 1. The van der Waals surface area contributed by atoms with Gasteiger partial charge in [0, 0.05) is 12.1 Å². The van der Waals surface area contributed by atoms with Gasteiger partial charge in [-0.25, -0.2) is 0 Å². The minimum Gasteiger partial charge on any atom is -0.496 e. The molecule has 4 heteroatoms. The molecule has 1 N–H and O–H groups in total. The third-order valence-corrected chi connectivity index (χ3v) is 3.36. The van der Waals surface area contributed by atoms with Crippen molar-refractivity contribution in [3.63, 3.8) is 0 Å². The Balaban J connectivity index is 2.04. The number of nitrogens with one attached hydrogen (secondary N) is 1. The smallest absolute Gasteiger partial charge is 0.251 e. The Morgan fingerprint density at radius 2 is 1.95 bits per heavy atom. The Labute approximate surface area is 120 Å². The van der Waals surface area contributed by atoms with Gasteiger partial charge in [-0.05, 0) is 39.7 Å². The van der Waals surface area contributed by atoms with Crippen LogP contribution in [-0.2, 0) is 6.54 Å². The van der Waals surface area contributed by atoms with E-state index in [9.17, 15) is 4.79 Å². The molecule has 0 saturated heterocycles. The third kappa shape index (κ3) is 3.58. The highest BCUT2D eigenvalue weighted by Crippen LogP contribution is 2.25. The lowest BCUT2D eigenvalue weighted by molar-refractivity contribution is 0.0950. The molecule has 0 aromatic heterocycles. The molecule has 0 spiro atoms. The molecule has 0 aliphatic carbocycles. The summed E-state index contributed by atoms with van der Waals surface area (Å²) >= 11 is 3.36. The van der Waals surface area contributed by atoms with Crippen LogP contribution in [0.5, 0.6) is 5.75 Å². The Morgan fingerprint density at radius 3 is 2.63 bits per heavy atom. The van der Waals surface area contributed by atoms with Gasteiger partial charge in [-0.15, -0.1) is 0 Å². The molecule has 3 nitrogen and oxygen atoms in total. The molecule has 2 aromatic carbocycles. The van der Waals surface area contributed by atoms with Crippen LogP contribution in [0.1, 0.15) is 15.9 Å². The SMILES string of the molecule is COc1cc(C(=O)NCc2ccccc2)ccc1Br. The predicted octanol–water partition coefficient (Wildman–Crippen LogP) is 3.39. The Kier molecular flexibility index (Phi) is 4.58. The molecule has 0 radical (unpaired) electrons. The molecule has 0 aliphatic heterocycles. The van der Waals surface area contributed by atoms with Gasteiger partial charge in [0.05, 0.1) is 11.6 Å². The first-order valence-corrected chi connectivity index (χ1v) is 6.65. The highest BCUT2D eigenvalue weighted by atomic mass is 79.9. The summed E-state index contributed by atoms with van der Waals surface area (Å²) in [5, 5.41) is 2.88. The second-order valence-electron chi connectivity index (χ2n) is 4.02. The van der Waals surface area contributed by atoms with E-state index >= 15 is 0 Å². The quantitative estimate of drug-likeness (QED) is 0.938. The van der Waals surface area contributed by atoms with Crippen molar-refractivity contribution in [3.8, 4) is 5.75 Å². The molecule has 0 aliphatic rings. The number of carbonyl (C=O) groups is 1. The van der Waals surface area contributed by atoms with Crippen molar-refractivity contribution in [2.24, 2.45) is 0 Å². The standard InChI is InChI=1S/C15H14BrNO2/c1-19-14-9-12(7-8-13(14)16)15(18)17-10-11-5-3-2-4-6-11/h2-9H,10H2,1H3,(H,17,18). The largest absolute Gasteiger partial charge is 0.496 e. The highest BCUT2D eigenvalue weighted by Gasteiger charge is 2.08. The molecule has 19 heavy (non-hydrogen) atoms. The zero-order valence-electron chi connectivity index (χ0n) is 10.5. The fraction of sp³-hybridized carbons (Fsp3) is 0.133. The van der Waals surface area contributed by atoms with Crippen LogP contribution >= 0.6 is 15.9 Å². The summed E-state index contributed by atoms with van der Waals surface area (Å²) in [7, 11) is 1.58. The van der Waals surface area contributed by atoms with Crippen LogP contribution in [0.2, 0.25) is 0 Å². The summed E-state index contributed by atoms with van der Waals surface area (Å²) in [6.45, 7) is 0.512. The van der Waals surface area contributed by atoms with Crippen LogP contribution in [0.15, 0.2) is 53.0 Å². The van der Waals surface area contributed by atoms with E-state index in [0.717, 1.165) is 10.0 Å². The maximum atomic E-state index is 12.0. The monoisotopic (exact) mass is 319 g/mol. The molecule has 98 valence electrons. The fourth-order valence-electron chi connectivity index (χ4n) is 1.68. The molecule has 0 saturated carbocycles. The molecule has 0 unspecified atom stereocenters. The summed E-state index contributed by atoms with van der Waals surface area (Å²) in [5.41, 5.74) is 1.65. The van der Waals surface area contributed by atoms with Crippen molar-refractivity contribution in [1.29, 1.82) is 0 Å². The molecule has 1 amide bonds. The van der Waals surface area contributed by atoms with E-state index in [4.69, 9.17) is 4.74 Å². The van der Waals surface area contributed by atoms with E-state index in [1.165, 1.54) is 0 Å². The molecule has 0 bridgehead atoms. The predicted molar refractivity (Wildman–Crippen MR) is 78.3 cm³/mol. The topological polar surface area (TPSA) is 38.3 Å². The van der Waals surface area contributed by atoms with Crippen molar-refractivity contribution >= 4 is 21.8 Å². The minimum atomic E-state index is -0.116. The second-order valence-corrected chi connectivity index (χ2v) is 4.87. The van der Waals surface area contributed by atoms with Crippen LogP contribution in [0.4, 0.5) is 0 Å². The molecule has 0 heterocycles. The zero-order chi connectivity index (χ0) is 13.7. The third-order valence-electron chi connectivity index (χ3n) is 2.71. The second kappa shape index (κ2) is 6.38. The van der Waals surface area contributed by atoms with Gasteiger partial charge in [0.1, 0.15) is 5.75 Å². The van der Waals surface area contributed by atoms with Gasteiger partial charge in [0.25, 0.3) is 5.91 Å². The Morgan fingerprint density at radius 1 is 1.21 bits per heavy atom. The van der Waals surface area contributed by atoms with Gasteiger partial charge in [0.15, 0.2) is 0 Å². The minimum absolute atomic E-state index is 0.116. The number of benzene rings is 2. The number of rotatable bonds is 4. The Bertz CT molecular complexity index is 570. The van der Waals surface area contributed by atoms with E-state index in [-0.39, 0.29) is 5.91 Å². The maximum absolute atomic E-state index is 12.0. The van der Waals surface area contributed by atoms with Crippen LogP contribution in [0, 0.1) is 0 Å². The first-order valence-electron chi connectivity index (χ1n) is 5.86. The first-order chi connectivity index (χ1) is 9.20. The van der Waals surface area contributed by atoms with Crippen LogP contribution in [0.3, 0.4) is 0 Å². The van der Waals surface area contributed by atoms with Crippen molar-refractivity contribution in [2.45, 2.75) is 6.54 Å². The molecular weight excluding hydrogens is 306 g/mol. The van der Waals surface area contributed by atoms with Crippen LogP contribution < -0.4 is 10.1 Å². The van der Waals surface area contributed by atoms with Crippen LogP contribution in [0.25, 0.3) is 0 Å². The lowest BCUT2D eigenvalue weighted by atomic mass is 10.2. The zero-order valence-corrected chi connectivity index (χ0v) is 12.1. The molecular formula is C15H14BrNO2. The molecule has 2 rings (SSSR count). The lowest BCUT2D eigenvalue weighted by Gasteiger charge is -2.08. The van der Waals surface area contributed by atoms with Gasteiger partial charge in [-0.2, -0.15) is 0 Å². The maximum Gasteiger partial charge on any atom is 0.251 e. The van der Waals surface area contributed by atoms with Crippen molar-refractivity contribution in [3.05, 3.63) is 64.1 Å². The van der Waals surface area contributed by atoms with Gasteiger partial charge in [0.2, 0.25) is 0 Å². The van der Waals surface area contributed by atoms with Crippen LogP contribution in [-0.4, -0.2) is 13.0 Å². The average Bonchev–Trinajstić information content (AvgIpc) is 2.46. The van der Waals surface area contributed by atoms with Gasteiger partial charge in [-0.1, -0.05) is 30.3 Å². The van der Waals surface area contributed by atoms with E-state index in [1.54, 1.807) is 25.3 Å². The van der Waals surface area contributed by atoms with Gasteiger partial charge >= 0.3 is 0 Å². The fourth-order valence-corrected chi connectivity index (χ4v) is 2.09. The number of halogens is 1. The molecule has 0 atom stereocenters. The summed E-state index contributed by atoms with van der Waals surface area (Å²) in [6.07, 6.45) is 0. The van der Waals surface area contributed by atoms with Gasteiger partial charge < -0.3 is 10.1 Å². The number of hydrogen-bond donors (Lipinski definition) is 1. The summed E-state index contributed by atoms with van der Waals surface area (Å²) < 4.78 is 6.00. The highest BCUT2D eigenvalue weighted by molar-refractivity contribution is 9.10.